The van der Waals surface area contributed by atoms with Crippen molar-refractivity contribution in [3.05, 3.63) is 83.4 Å². The van der Waals surface area contributed by atoms with Crippen LogP contribution in [0.3, 0.4) is 0 Å². The fourth-order valence-electron chi connectivity index (χ4n) is 3.53. The zero-order valence-electron chi connectivity index (χ0n) is 14.5. The van der Waals surface area contributed by atoms with Crippen LogP contribution in [0.4, 0.5) is 0 Å². The highest BCUT2D eigenvalue weighted by atomic mass is 32.1. The van der Waals surface area contributed by atoms with Crippen LogP contribution in [0.2, 0.25) is 0 Å². The minimum atomic E-state index is 0.146. The van der Waals surface area contributed by atoms with E-state index in [1.54, 1.807) is 0 Å². The largest absolute Gasteiger partial charge is 0.135 e. The first-order chi connectivity index (χ1) is 11.5. The molecule has 0 nitrogen and oxygen atoms in total. The molecular formula is C23H22S. The van der Waals surface area contributed by atoms with E-state index < -0.39 is 0 Å². The number of thiophene rings is 1. The van der Waals surface area contributed by atoms with Crippen LogP contribution in [0.15, 0.2) is 66.7 Å². The zero-order valence-corrected chi connectivity index (χ0v) is 15.3. The van der Waals surface area contributed by atoms with E-state index in [0.717, 1.165) is 6.42 Å². The van der Waals surface area contributed by atoms with E-state index in [9.17, 15) is 0 Å². The van der Waals surface area contributed by atoms with Crippen molar-refractivity contribution in [1.29, 1.82) is 0 Å². The number of hydrogen-bond acceptors (Lipinski definition) is 1. The Morgan fingerprint density at radius 1 is 0.708 bits per heavy atom. The monoisotopic (exact) mass is 330 g/mol. The second-order valence-corrected chi connectivity index (χ2v) is 8.57. The SMILES string of the molecule is CC(C)(C)c1cccc2sc3cccc(Cc4ccccc4)c3c12. The molecule has 0 saturated carbocycles. The molecule has 3 aromatic carbocycles. The maximum Gasteiger partial charge on any atom is 0.0358 e. The Morgan fingerprint density at radius 2 is 1.38 bits per heavy atom. The molecule has 0 aliphatic carbocycles. The van der Waals surface area contributed by atoms with Gasteiger partial charge in [0.25, 0.3) is 0 Å². The fraction of sp³-hybridized carbons (Fsp3) is 0.217. The number of rotatable bonds is 2. The summed E-state index contributed by atoms with van der Waals surface area (Å²) in [6.07, 6.45) is 0.989. The van der Waals surface area contributed by atoms with Crippen LogP contribution in [0.5, 0.6) is 0 Å². The van der Waals surface area contributed by atoms with E-state index in [1.165, 1.54) is 36.9 Å². The molecule has 24 heavy (non-hydrogen) atoms. The quantitative estimate of drug-likeness (QED) is 0.373. The topological polar surface area (TPSA) is 0 Å². The van der Waals surface area contributed by atoms with Gasteiger partial charge < -0.3 is 0 Å². The van der Waals surface area contributed by atoms with Crippen molar-refractivity contribution >= 4 is 31.5 Å². The lowest BCUT2D eigenvalue weighted by Crippen LogP contribution is -2.11. The molecule has 0 saturated heterocycles. The number of benzene rings is 3. The minimum absolute atomic E-state index is 0.146. The van der Waals surface area contributed by atoms with Gasteiger partial charge in [-0.1, -0.05) is 75.4 Å². The Hall–Kier alpha value is -2.12. The highest BCUT2D eigenvalue weighted by Crippen LogP contribution is 2.41. The molecule has 4 aromatic rings. The Labute approximate surface area is 147 Å². The van der Waals surface area contributed by atoms with Crippen molar-refractivity contribution in [2.24, 2.45) is 0 Å². The van der Waals surface area contributed by atoms with Gasteiger partial charge in [-0.25, -0.2) is 0 Å². The summed E-state index contributed by atoms with van der Waals surface area (Å²) in [6.45, 7) is 6.93. The van der Waals surface area contributed by atoms with Crippen LogP contribution >= 0.6 is 11.3 Å². The summed E-state index contributed by atoms with van der Waals surface area (Å²) < 4.78 is 2.80. The Balaban J connectivity index is 2.02. The highest BCUT2D eigenvalue weighted by Gasteiger charge is 2.20. The van der Waals surface area contributed by atoms with Crippen molar-refractivity contribution in [2.75, 3.05) is 0 Å². The van der Waals surface area contributed by atoms with E-state index in [1.807, 2.05) is 11.3 Å². The first kappa shape index (κ1) is 15.4. The van der Waals surface area contributed by atoms with Crippen LogP contribution in [-0.4, -0.2) is 0 Å². The summed E-state index contributed by atoms with van der Waals surface area (Å²) in [6, 6.07) is 24.3. The van der Waals surface area contributed by atoms with E-state index in [4.69, 9.17) is 0 Å². The van der Waals surface area contributed by atoms with Crippen molar-refractivity contribution in [1.82, 2.24) is 0 Å². The van der Waals surface area contributed by atoms with Crippen LogP contribution in [0.25, 0.3) is 20.2 Å². The van der Waals surface area contributed by atoms with E-state index in [0.29, 0.717) is 0 Å². The third kappa shape index (κ3) is 2.63. The average Bonchev–Trinajstić information content (AvgIpc) is 2.94. The summed E-state index contributed by atoms with van der Waals surface area (Å²) in [5.41, 5.74) is 4.40. The van der Waals surface area contributed by atoms with Gasteiger partial charge in [0.1, 0.15) is 0 Å². The molecule has 1 heteroatoms. The van der Waals surface area contributed by atoms with Crippen LogP contribution in [-0.2, 0) is 11.8 Å². The van der Waals surface area contributed by atoms with Gasteiger partial charge in [0.05, 0.1) is 0 Å². The van der Waals surface area contributed by atoms with Crippen molar-refractivity contribution in [3.63, 3.8) is 0 Å². The molecule has 0 amide bonds. The lowest BCUT2D eigenvalue weighted by Gasteiger charge is -2.21. The van der Waals surface area contributed by atoms with Crippen molar-refractivity contribution in [3.8, 4) is 0 Å². The lowest BCUT2D eigenvalue weighted by atomic mass is 9.83. The molecule has 120 valence electrons. The maximum atomic E-state index is 2.31. The molecule has 0 aliphatic heterocycles. The van der Waals surface area contributed by atoms with Crippen LogP contribution in [0, 0.1) is 0 Å². The van der Waals surface area contributed by atoms with Gasteiger partial charge in [0.15, 0.2) is 0 Å². The van der Waals surface area contributed by atoms with Gasteiger partial charge in [0.2, 0.25) is 0 Å². The van der Waals surface area contributed by atoms with Gasteiger partial charge in [-0.2, -0.15) is 0 Å². The summed E-state index contributed by atoms with van der Waals surface area (Å²) in [7, 11) is 0. The summed E-state index contributed by atoms with van der Waals surface area (Å²) in [5, 5.41) is 2.91. The fourth-order valence-corrected chi connectivity index (χ4v) is 4.71. The molecule has 0 aliphatic rings. The molecule has 1 heterocycles. The molecule has 0 N–H and O–H groups in total. The molecule has 4 rings (SSSR count). The van der Waals surface area contributed by atoms with E-state index in [2.05, 4.69) is 87.5 Å². The van der Waals surface area contributed by atoms with Gasteiger partial charge in [-0.05, 0) is 40.7 Å². The normalized spacial score (nSPS) is 12.1. The summed E-state index contributed by atoms with van der Waals surface area (Å²) >= 11 is 1.92. The van der Waals surface area contributed by atoms with Crippen LogP contribution in [0.1, 0.15) is 37.5 Å². The predicted molar refractivity (Wildman–Crippen MR) is 107 cm³/mol. The third-order valence-electron chi connectivity index (χ3n) is 4.65. The van der Waals surface area contributed by atoms with Crippen molar-refractivity contribution < 1.29 is 0 Å². The maximum absolute atomic E-state index is 2.31. The summed E-state index contributed by atoms with van der Waals surface area (Å²) in [4.78, 5) is 0. The number of hydrogen-bond donors (Lipinski definition) is 0. The lowest BCUT2D eigenvalue weighted by molar-refractivity contribution is 0.596. The van der Waals surface area contributed by atoms with Gasteiger partial charge >= 0.3 is 0 Å². The number of fused-ring (bicyclic) bond motifs is 3. The van der Waals surface area contributed by atoms with E-state index >= 15 is 0 Å². The van der Waals surface area contributed by atoms with Gasteiger partial charge in [-0.3, -0.25) is 0 Å². The van der Waals surface area contributed by atoms with Gasteiger partial charge in [0, 0.05) is 20.2 Å². The average molecular weight is 330 g/mol. The second kappa shape index (κ2) is 5.75. The smallest absolute Gasteiger partial charge is 0.0358 e. The minimum Gasteiger partial charge on any atom is -0.135 e. The first-order valence-corrected chi connectivity index (χ1v) is 9.33. The molecule has 0 fully saturated rings. The molecule has 0 bridgehead atoms. The van der Waals surface area contributed by atoms with E-state index in [-0.39, 0.29) is 5.41 Å². The molecule has 0 spiro atoms. The van der Waals surface area contributed by atoms with Crippen LogP contribution < -0.4 is 0 Å². The molecule has 1 aromatic heterocycles. The summed E-state index contributed by atoms with van der Waals surface area (Å²) in [5.74, 6) is 0. The third-order valence-corrected chi connectivity index (χ3v) is 5.77. The Kier molecular flexibility index (Phi) is 3.69. The van der Waals surface area contributed by atoms with Gasteiger partial charge in [-0.15, -0.1) is 11.3 Å². The Morgan fingerprint density at radius 3 is 2.08 bits per heavy atom. The molecule has 0 unspecified atom stereocenters. The second-order valence-electron chi connectivity index (χ2n) is 7.48. The predicted octanol–water partition coefficient (Wildman–Crippen LogP) is 6.94. The zero-order chi connectivity index (χ0) is 16.7. The molecule has 0 radical (unpaired) electrons. The highest BCUT2D eigenvalue weighted by molar-refractivity contribution is 7.25. The Bertz CT molecular complexity index is 1000. The molecular weight excluding hydrogens is 308 g/mol. The van der Waals surface area contributed by atoms with Crippen molar-refractivity contribution in [2.45, 2.75) is 32.6 Å². The standard InChI is InChI=1S/C23H22S/c1-23(2,3)18-12-8-14-20-22(18)21-17(11-7-13-19(21)24-20)15-16-9-5-4-6-10-16/h4-14H,15H2,1-3H3. The first-order valence-electron chi connectivity index (χ1n) is 8.51. The molecule has 0 atom stereocenters.